The highest BCUT2D eigenvalue weighted by atomic mass is 16.2. The molecule has 5 rings (SSSR count). The zero-order chi connectivity index (χ0) is 19.6. The lowest BCUT2D eigenvalue weighted by Gasteiger charge is -2.43. The van der Waals surface area contributed by atoms with Crippen LogP contribution in [-0.4, -0.2) is 86.1 Å². The Kier molecular flexibility index (Phi) is 5.20. The second kappa shape index (κ2) is 8.12. The molecule has 1 aliphatic carbocycles. The summed E-state index contributed by atoms with van der Waals surface area (Å²) in [5, 5.41) is 8.78. The standard InChI is InChI=1S/C21H27N7O/c29-21(28-8-6-27(7-9-28)18-2-1-3-18)14-26-5-4-16-10-19(24-25-20(16)13-26)17-11-22-15-23-12-17/h10-12,15,18H,1-9,13-14H2. The Morgan fingerprint density at radius 3 is 2.55 bits per heavy atom. The molecule has 0 spiro atoms. The van der Waals surface area contributed by atoms with Gasteiger partial charge in [0.1, 0.15) is 6.33 Å². The van der Waals surface area contributed by atoms with Crippen molar-refractivity contribution in [1.29, 1.82) is 0 Å². The number of aromatic nitrogens is 4. The highest BCUT2D eigenvalue weighted by Gasteiger charge is 2.30. The van der Waals surface area contributed by atoms with Crippen LogP contribution in [0.15, 0.2) is 24.8 Å². The van der Waals surface area contributed by atoms with E-state index >= 15 is 0 Å². The van der Waals surface area contributed by atoms with Gasteiger partial charge in [0, 0.05) is 63.3 Å². The molecule has 0 aromatic carbocycles. The van der Waals surface area contributed by atoms with Gasteiger partial charge in [-0.15, -0.1) is 0 Å². The molecule has 152 valence electrons. The Morgan fingerprint density at radius 1 is 1.03 bits per heavy atom. The van der Waals surface area contributed by atoms with E-state index < -0.39 is 0 Å². The van der Waals surface area contributed by atoms with Gasteiger partial charge in [0.05, 0.1) is 17.9 Å². The highest BCUT2D eigenvalue weighted by Crippen LogP contribution is 2.26. The largest absolute Gasteiger partial charge is 0.339 e. The van der Waals surface area contributed by atoms with Gasteiger partial charge in [-0.25, -0.2) is 9.97 Å². The summed E-state index contributed by atoms with van der Waals surface area (Å²) >= 11 is 0. The third-order valence-electron chi connectivity index (χ3n) is 6.50. The average Bonchev–Trinajstić information content (AvgIpc) is 2.73. The lowest BCUT2D eigenvalue weighted by Crippen LogP contribution is -2.55. The Labute approximate surface area is 171 Å². The molecule has 0 N–H and O–H groups in total. The minimum atomic E-state index is 0.243. The van der Waals surface area contributed by atoms with Crippen molar-refractivity contribution in [3.8, 4) is 11.3 Å². The van der Waals surface area contributed by atoms with Crippen molar-refractivity contribution in [2.24, 2.45) is 0 Å². The van der Waals surface area contributed by atoms with Gasteiger partial charge in [-0.1, -0.05) is 6.42 Å². The number of nitrogens with zero attached hydrogens (tertiary/aromatic N) is 7. The predicted molar refractivity (Wildman–Crippen MR) is 108 cm³/mol. The van der Waals surface area contributed by atoms with Crippen molar-refractivity contribution < 1.29 is 4.79 Å². The van der Waals surface area contributed by atoms with Crippen LogP contribution in [0.1, 0.15) is 30.5 Å². The van der Waals surface area contributed by atoms with E-state index in [0.717, 1.165) is 62.1 Å². The summed E-state index contributed by atoms with van der Waals surface area (Å²) in [6.07, 6.45) is 9.93. The molecule has 2 fully saturated rings. The van der Waals surface area contributed by atoms with E-state index in [1.54, 1.807) is 12.4 Å². The van der Waals surface area contributed by atoms with Crippen LogP contribution in [0.3, 0.4) is 0 Å². The predicted octanol–water partition coefficient (Wildman–Crippen LogP) is 0.988. The first-order valence-electron chi connectivity index (χ1n) is 10.6. The molecule has 0 atom stereocenters. The van der Waals surface area contributed by atoms with Crippen molar-refractivity contribution in [1.82, 2.24) is 34.9 Å². The fourth-order valence-corrected chi connectivity index (χ4v) is 4.46. The number of fused-ring (bicyclic) bond motifs is 1. The number of hydrogen-bond donors (Lipinski definition) is 0. The molecule has 8 nitrogen and oxygen atoms in total. The van der Waals surface area contributed by atoms with Crippen molar-refractivity contribution >= 4 is 5.91 Å². The lowest BCUT2D eigenvalue weighted by molar-refractivity contribution is -0.135. The van der Waals surface area contributed by atoms with Crippen LogP contribution in [0.4, 0.5) is 0 Å². The Balaban J connectivity index is 1.16. The number of carbonyl (C=O) groups excluding carboxylic acids is 1. The minimum Gasteiger partial charge on any atom is -0.339 e. The van der Waals surface area contributed by atoms with Gasteiger partial charge in [-0.05, 0) is 30.9 Å². The number of amides is 1. The first kappa shape index (κ1) is 18.6. The van der Waals surface area contributed by atoms with Crippen molar-refractivity contribution in [3.63, 3.8) is 0 Å². The summed E-state index contributed by atoms with van der Waals surface area (Å²) in [5.41, 5.74) is 3.86. The first-order valence-corrected chi connectivity index (χ1v) is 10.6. The van der Waals surface area contributed by atoms with Crippen LogP contribution in [0.2, 0.25) is 0 Å². The summed E-state index contributed by atoms with van der Waals surface area (Å²) < 4.78 is 0. The van der Waals surface area contributed by atoms with Crippen LogP contribution in [0, 0.1) is 0 Å². The molecule has 29 heavy (non-hydrogen) atoms. The summed E-state index contributed by atoms with van der Waals surface area (Å²) in [5.74, 6) is 0.243. The van der Waals surface area contributed by atoms with Gasteiger partial charge in [0.2, 0.25) is 5.91 Å². The molecule has 0 radical (unpaired) electrons. The van der Waals surface area contributed by atoms with Crippen LogP contribution in [0.25, 0.3) is 11.3 Å². The van der Waals surface area contributed by atoms with E-state index in [1.165, 1.54) is 31.2 Å². The van der Waals surface area contributed by atoms with Gasteiger partial charge < -0.3 is 4.90 Å². The van der Waals surface area contributed by atoms with Gasteiger partial charge in [-0.2, -0.15) is 10.2 Å². The van der Waals surface area contributed by atoms with Gasteiger partial charge in [0.15, 0.2) is 0 Å². The summed E-state index contributed by atoms with van der Waals surface area (Å²) in [6.45, 7) is 5.80. The zero-order valence-electron chi connectivity index (χ0n) is 16.7. The van der Waals surface area contributed by atoms with E-state index in [1.807, 2.05) is 4.90 Å². The molecule has 0 unspecified atom stereocenters. The third-order valence-corrected chi connectivity index (χ3v) is 6.50. The first-order chi connectivity index (χ1) is 14.3. The lowest BCUT2D eigenvalue weighted by atomic mass is 9.91. The summed E-state index contributed by atoms with van der Waals surface area (Å²) in [6, 6.07) is 2.86. The van der Waals surface area contributed by atoms with E-state index in [2.05, 4.69) is 36.0 Å². The Morgan fingerprint density at radius 2 is 1.83 bits per heavy atom. The molecule has 1 amide bonds. The molecule has 2 aromatic heterocycles. The molecule has 8 heteroatoms. The molecule has 1 saturated heterocycles. The second-order valence-electron chi connectivity index (χ2n) is 8.29. The number of carbonyl (C=O) groups is 1. The topological polar surface area (TPSA) is 78.3 Å². The van der Waals surface area contributed by atoms with Gasteiger partial charge in [0.25, 0.3) is 0 Å². The number of hydrogen-bond acceptors (Lipinski definition) is 7. The molecular formula is C21H27N7O. The maximum atomic E-state index is 12.8. The van der Waals surface area contributed by atoms with Crippen molar-refractivity contribution in [3.05, 3.63) is 36.0 Å². The van der Waals surface area contributed by atoms with Gasteiger partial charge in [-0.3, -0.25) is 14.6 Å². The summed E-state index contributed by atoms with van der Waals surface area (Å²) in [7, 11) is 0. The minimum absolute atomic E-state index is 0.243. The van der Waals surface area contributed by atoms with Crippen molar-refractivity contribution in [2.75, 3.05) is 39.3 Å². The normalized spacial score (nSPS) is 20.9. The van der Waals surface area contributed by atoms with E-state index in [4.69, 9.17) is 0 Å². The fourth-order valence-electron chi connectivity index (χ4n) is 4.46. The Bertz CT molecular complexity index is 863. The van der Waals surface area contributed by atoms with Crippen LogP contribution >= 0.6 is 0 Å². The molecule has 1 saturated carbocycles. The summed E-state index contributed by atoms with van der Waals surface area (Å²) in [4.78, 5) is 27.7. The van der Waals surface area contributed by atoms with Crippen molar-refractivity contribution in [2.45, 2.75) is 38.3 Å². The maximum Gasteiger partial charge on any atom is 0.236 e. The van der Waals surface area contributed by atoms with Crippen LogP contribution in [-0.2, 0) is 17.8 Å². The molecule has 2 aliphatic heterocycles. The van der Waals surface area contributed by atoms with E-state index in [0.29, 0.717) is 13.1 Å². The molecule has 0 bridgehead atoms. The third kappa shape index (κ3) is 4.00. The monoisotopic (exact) mass is 393 g/mol. The zero-order valence-corrected chi connectivity index (χ0v) is 16.7. The quantitative estimate of drug-likeness (QED) is 0.766. The van der Waals surface area contributed by atoms with E-state index in [9.17, 15) is 4.79 Å². The smallest absolute Gasteiger partial charge is 0.236 e. The molecule has 2 aromatic rings. The molecular weight excluding hydrogens is 366 g/mol. The highest BCUT2D eigenvalue weighted by molar-refractivity contribution is 5.78. The van der Waals surface area contributed by atoms with Crippen LogP contribution in [0.5, 0.6) is 0 Å². The maximum absolute atomic E-state index is 12.8. The SMILES string of the molecule is O=C(CN1CCc2cc(-c3cncnc3)nnc2C1)N1CCN(C2CCC2)CC1. The van der Waals surface area contributed by atoms with Crippen LogP contribution < -0.4 is 0 Å². The second-order valence-corrected chi connectivity index (χ2v) is 8.29. The molecule has 3 aliphatic rings. The van der Waals surface area contributed by atoms with Gasteiger partial charge >= 0.3 is 0 Å². The Hall–Kier alpha value is -2.45. The average molecular weight is 393 g/mol. The number of rotatable bonds is 4. The number of piperazine rings is 1. The fraction of sp³-hybridized carbons (Fsp3) is 0.571. The molecule has 4 heterocycles. The van der Waals surface area contributed by atoms with E-state index in [-0.39, 0.29) is 5.91 Å².